The summed E-state index contributed by atoms with van der Waals surface area (Å²) in [5.41, 5.74) is 2.29. The summed E-state index contributed by atoms with van der Waals surface area (Å²) >= 11 is 0. The summed E-state index contributed by atoms with van der Waals surface area (Å²) in [6, 6.07) is 8.57. The number of ether oxygens (including phenoxy) is 1. The molecule has 0 bridgehead atoms. The molecule has 2 aromatic heterocycles. The number of piperidine rings is 1. The van der Waals surface area contributed by atoms with E-state index in [1.807, 2.05) is 18.3 Å². The van der Waals surface area contributed by atoms with Crippen molar-refractivity contribution in [2.75, 3.05) is 18.0 Å². The van der Waals surface area contributed by atoms with Crippen molar-refractivity contribution in [1.29, 1.82) is 0 Å². The van der Waals surface area contributed by atoms with Crippen LogP contribution < -0.4 is 4.90 Å². The van der Waals surface area contributed by atoms with E-state index in [4.69, 9.17) is 9.84 Å². The number of hydrogen-bond acceptors (Lipinski definition) is 5. The van der Waals surface area contributed by atoms with Crippen LogP contribution in [-0.4, -0.2) is 51.3 Å². The minimum Gasteiger partial charge on any atom is -0.481 e. The van der Waals surface area contributed by atoms with Gasteiger partial charge in [-0.25, -0.2) is 14.4 Å². The van der Waals surface area contributed by atoms with Crippen LogP contribution >= 0.6 is 0 Å². The number of benzene rings is 1. The number of hydrogen-bond donors (Lipinski definition) is 2. The summed E-state index contributed by atoms with van der Waals surface area (Å²) < 4.78 is 20.0. The maximum absolute atomic E-state index is 13.5. The second kappa shape index (κ2) is 9.22. The number of aliphatic carboxylic acids is 1. The molecule has 184 valence electrons. The molecular weight excluding hydrogens is 447 g/mol. The molecule has 1 saturated heterocycles. The SMILES string of the molecule is O=C(O)CC1CC2CC(OC3CCN(c4ccc(-c5nc6ccc(F)cc6[nH]5)cn4)CC3)CC2C1. The molecule has 1 aromatic carbocycles. The Labute approximate surface area is 203 Å². The third-order valence-corrected chi connectivity index (χ3v) is 8.15. The monoisotopic (exact) mass is 478 g/mol. The van der Waals surface area contributed by atoms with Gasteiger partial charge in [-0.1, -0.05) is 0 Å². The van der Waals surface area contributed by atoms with Gasteiger partial charge in [0.25, 0.3) is 0 Å². The number of rotatable bonds is 6. The zero-order chi connectivity index (χ0) is 23.9. The van der Waals surface area contributed by atoms with Crippen molar-refractivity contribution >= 4 is 22.8 Å². The number of aromatic amines is 1. The smallest absolute Gasteiger partial charge is 0.303 e. The van der Waals surface area contributed by atoms with Gasteiger partial charge < -0.3 is 19.7 Å². The molecule has 3 heterocycles. The van der Waals surface area contributed by atoms with Crippen molar-refractivity contribution in [3.63, 3.8) is 0 Å². The fraction of sp³-hybridized carbons (Fsp3) is 0.519. The number of carboxylic acids is 1. The first kappa shape index (κ1) is 22.5. The molecule has 2 saturated carbocycles. The molecular formula is C27H31FN4O3. The normalized spacial score (nSPS) is 26.9. The number of anilines is 1. The quantitative estimate of drug-likeness (QED) is 0.516. The number of imidazole rings is 1. The molecule has 3 fully saturated rings. The van der Waals surface area contributed by atoms with Gasteiger partial charge in [0.15, 0.2) is 0 Å². The van der Waals surface area contributed by atoms with Crippen LogP contribution in [0.4, 0.5) is 10.2 Å². The van der Waals surface area contributed by atoms with Crippen LogP contribution in [0.25, 0.3) is 22.4 Å². The van der Waals surface area contributed by atoms with Crippen LogP contribution in [0.5, 0.6) is 0 Å². The van der Waals surface area contributed by atoms with E-state index in [2.05, 4.69) is 19.9 Å². The van der Waals surface area contributed by atoms with Crippen molar-refractivity contribution in [2.45, 2.75) is 57.2 Å². The Morgan fingerprint density at radius 2 is 1.86 bits per heavy atom. The van der Waals surface area contributed by atoms with E-state index in [9.17, 15) is 9.18 Å². The second-order valence-electron chi connectivity index (χ2n) is 10.5. The average Bonchev–Trinajstić information content (AvgIpc) is 3.52. The number of H-pyrrole nitrogens is 1. The highest BCUT2D eigenvalue weighted by Gasteiger charge is 2.43. The Hall–Kier alpha value is -3.00. The van der Waals surface area contributed by atoms with Crippen LogP contribution in [-0.2, 0) is 9.53 Å². The van der Waals surface area contributed by atoms with Crippen LogP contribution in [0, 0.1) is 23.6 Å². The summed E-state index contributed by atoms with van der Waals surface area (Å²) in [5.74, 6) is 2.36. The summed E-state index contributed by atoms with van der Waals surface area (Å²) in [4.78, 5) is 25.7. The van der Waals surface area contributed by atoms with Gasteiger partial charge in [0.05, 0.1) is 23.2 Å². The van der Waals surface area contributed by atoms with Gasteiger partial charge in [0.1, 0.15) is 17.5 Å². The highest BCUT2D eigenvalue weighted by atomic mass is 19.1. The third-order valence-electron chi connectivity index (χ3n) is 8.15. The highest BCUT2D eigenvalue weighted by Crippen LogP contribution is 2.49. The maximum Gasteiger partial charge on any atom is 0.303 e. The lowest BCUT2D eigenvalue weighted by atomic mass is 9.99. The third kappa shape index (κ3) is 4.76. The minimum absolute atomic E-state index is 0.284. The van der Waals surface area contributed by atoms with Crippen molar-refractivity contribution in [2.24, 2.45) is 17.8 Å². The summed E-state index contributed by atoms with van der Waals surface area (Å²) in [6.07, 6.45) is 9.06. The fourth-order valence-corrected chi connectivity index (χ4v) is 6.54. The van der Waals surface area contributed by atoms with Gasteiger partial charge >= 0.3 is 5.97 Å². The summed E-state index contributed by atoms with van der Waals surface area (Å²) in [6.45, 7) is 1.84. The second-order valence-corrected chi connectivity index (χ2v) is 10.5. The first-order valence-corrected chi connectivity index (χ1v) is 12.7. The molecule has 7 nitrogen and oxygen atoms in total. The molecule has 2 N–H and O–H groups in total. The fourth-order valence-electron chi connectivity index (χ4n) is 6.54. The van der Waals surface area contributed by atoms with E-state index in [0.717, 1.165) is 68.5 Å². The molecule has 3 aliphatic rings. The molecule has 1 aliphatic heterocycles. The van der Waals surface area contributed by atoms with Gasteiger partial charge in [0.2, 0.25) is 0 Å². The Kier molecular flexibility index (Phi) is 5.92. The lowest BCUT2D eigenvalue weighted by molar-refractivity contribution is -0.138. The molecule has 2 aliphatic carbocycles. The molecule has 0 radical (unpaired) electrons. The number of carbonyl (C=O) groups is 1. The van der Waals surface area contributed by atoms with Crippen molar-refractivity contribution in [3.05, 3.63) is 42.3 Å². The lowest BCUT2D eigenvalue weighted by Gasteiger charge is -2.34. The molecule has 8 heteroatoms. The van der Waals surface area contributed by atoms with E-state index < -0.39 is 5.97 Å². The number of fused-ring (bicyclic) bond motifs is 2. The standard InChI is InChI=1S/C27H31FN4O3/c28-20-2-3-23-24(14-20)31-27(30-23)17-1-4-25(29-15-17)32-7-5-21(6-8-32)35-22-12-18-9-16(11-26(33)34)10-19(18)13-22/h1-4,14-16,18-19,21-22H,5-13H2,(H,30,31)(H,33,34). The first-order valence-electron chi connectivity index (χ1n) is 12.7. The largest absolute Gasteiger partial charge is 0.481 e. The van der Waals surface area contributed by atoms with Crippen LogP contribution in [0.2, 0.25) is 0 Å². The van der Waals surface area contributed by atoms with Gasteiger partial charge in [-0.15, -0.1) is 0 Å². The zero-order valence-corrected chi connectivity index (χ0v) is 19.7. The van der Waals surface area contributed by atoms with Gasteiger partial charge in [-0.2, -0.15) is 0 Å². The van der Waals surface area contributed by atoms with E-state index in [0.29, 0.717) is 47.7 Å². The predicted molar refractivity (Wildman–Crippen MR) is 131 cm³/mol. The summed E-state index contributed by atoms with van der Waals surface area (Å²) in [7, 11) is 0. The number of pyridine rings is 1. The van der Waals surface area contributed by atoms with Crippen molar-refractivity contribution in [3.8, 4) is 11.4 Å². The van der Waals surface area contributed by atoms with Crippen LogP contribution in [0.3, 0.4) is 0 Å². The number of nitrogens with zero attached hydrogens (tertiary/aromatic N) is 3. The minimum atomic E-state index is -0.662. The molecule has 35 heavy (non-hydrogen) atoms. The molecule has 0 spiro atoms. The van der Waals surface area contributed by atoms with Gasteiger partial charge in [0, 0.05) is 31.3 Å². The van der Waals surface area contributed by atoms with Crippen molar-refractivity contribution in [1.82, 2.24) is 15.0 Å². The highest BCUT2D eigenvalue weighted by molar-refractivity contribution is 5.79. The van der Waals surface area contributed by atoms with Crippen LogP contribution in [0.15, 0.2) is 36.5 Å². The molecule has 6 rings (SSSR count). The van der Waals surface area contributed by atoms with E-state index >= 15 is 0 Å². The van der Waals surface area contributed by atoms with Gasteiger partial charge in [-0.3, -0.25) is 4.79 Å². The number of halogens is 1. The number of carboxylic acid groups (broad SMARTS) is 1. The first-order chi connectivity index (χ1) is 17.0. The Morgan fingerprint density at radius 3 is 2.54 bits per heavy atom. The van der Waals surface area contributed by atoms with Gasteiger partial charge in [-0.05, 0) is 86.6 Å². The average molecular weight is 479 g/mol. The Morgan fingerprint density at radius 1 is 1.09 bits per heavy atom. The van der Waals surface area contributed by atoms with Crippen molar-refractivity contribution < 1.29 is 19.0 Å². The predicted octanol–water partition coefficient (Wildman–Crippen LogP) is 5.03. The van der Waals surface area contributed by atoms with E-state index in [1.165, 1.54) is 12.1 Å². The lowest BCUT2D eigenvalue weighted by Crippen LogP contribution is -2.38. The molecule has 2 atom stereocenters. The Bertz CT molecular complexity index is 1190. The Balaban J connectivity index is 1.00. The number of nitrogens with one attached hydrogen (secondary N) is 1. The maximum atomic E-state index is 13.5. The molecule has 3 aromatic rings. The number of aromatic nitrogens is 3. The zero-order valence-electron chi connectivity index (χ0n) is 19.7. The van der Waals surface area contributed by atoms with E-state index in [-0.39, 0.29) is 5.82 Å². The molecule has 2 unspecified atom stereocenters. The summed E-state index contributed by atoms with van der Waals surface area (Å²) in [5, 5.41) is 9.06. The van der Waals surface area contributed by atoms with Crippen LogP contribution in [0.1, 0.15) is 44.9 Å². The van der Waals surface area contributed by atoms with E-state index in [1.54, 1.807) is 6.07 Å². The topological polar surface area (TPSA) is 91.3 Å². The molecule has 0 amide bonds.